The maximum absolute atomic E-state index is 5.92. The van der Waals surface area contributed by atoms with Crippen molar-refractivity contribution in [2.75, 3.05) is 0 Å². The van der Waals surface area contributed by atoms with Gasteiger partial charge in [-0.1, -0.05) is 6.92 Å². The zero-order valence-corrected chi connectivity index (χ0v) is 10.4. The van der Waals surface area contributed by atoms with Gasteiger partial charge in [0, 0.05) is 6.42 Å². The fourth-order valence-corrected chi connectivity index (χ4v) is 1.86. The van der Waals surface area contributed by atoms with Gasteiger partial charge in [0.05, 0.1) is 6.54 Å². The fraction of sp³-hybridized carbons (Fsp3) is 0.333. The molecule has 0 unspecified atom stereocenters. The van der Waals surface area contributed by atoms with Crippen molar-refractivity contribution >= 4 is 27.5 Å². The van der Waals surface area contributed by atoms with Crippen LogP contribution >= 0.6 is 27.5 Å². The van der Waals surface area contributed by atoms with Crippen LogP contribution in [0.25, 0.3) is 0 Å². The van der Waals surface area contributed by atoms with E-state index in [0.717, 1.165) is 18.0 Å². The van der Waals surface area contributed by atoms with E-state index < -0.39 is 0 Å². The molecule has 80 valence electrons. The Morgan fingerprint density at radius 1 is 1.47 bits per heavy atom. The van der Waals surface area contributed by atoms with Crippen LogP contribution in [-0.4, -0.2) is 14.8 Å². The second-order valence-electron chi connectivity index (χ2n) is 3.03. The highest BCUT2D eigenvalue weighted by Crippen LogP contribution is 2.17. The molecule has 2 heterocycles. The van der Waals surface area contributed by atoms with Crippen molar-refractivity contribution in [1.29, 1.82) is 0 Å². The highest BCUT2D eigenvalue weighted by Gasteiger charge is 2.10. The van der Waals surface area contributed by atoms with Crippen LogP contribution in [0.15, 0.2) is 21.2 Å². The second kappa shape index (κ2) is 4.37. The third-order valence-corrected chi connectivity index (χ3v) is 2.75. The van der Waals surface area contributed by atoms with Crippen LogP contribution in [0.3, 0.4) is 0 Å². The average Bonchev–Trinajstić information content (AvgIpc) is 2.76. The van der Waals surface area contributed by atoms with Crippen molar-refractivity contribution in [3.63, 3.8) is 0 Å². The minimum Gasteiger partial charge on any atom is -0.452 e. The van der Waals surface area contributed by atoms with E-state index in [2.05, 4.69) is 26.1 Å². The van der Waals surface area contributed by atoms with Gasteiger partial charge < -0.3 is 4.42 Å². The number of furan rings is 1. The van der Waals surface area contributed by atoms with Crippen molar-refractivity contribution in [2.45, 2.75) is 19.9 Å². The van der Waals surface area contributed by atoms with Crippen molar-refractivity contribution in [3.05, 3.63) is 33.7 Å². The molecule has 0 atom stereocenters. The fourth-order valence-electron chi connectivity index (χ4n) is 1.32. The molecule has 0 bridgehead atoms. The lowest BCUT2D eigenvalue weighted by Crippen LogP contribution is -2.03. The summed E-state index contributed by atoms with van der Waals surface area (Å²) in [4.78, 5) is 0. The number of halogens is 2. The predicted octanol–water partition coefficient (Wildman–Crippen LogP) is 2.90. The standard InChI is InChI=1S/C9H9BrClN3O/c1-2-8-12-13-9(11)14(8)5-6-3-4-7(10)15-6/h3-4H,2,5H2,1H3. The van der Waals surface area contributed by atoms with Crippen LogP contribution in [0.1, 0.15) is 18.5 Å². The lowest BCUT2D eigenvalue weighted by atomic mass is 10.4. The molecule has 6 heteroatoms. The van der Waals surface area contributed by atoms with Gasteiger partial charge in [-0.05, 0) is 39.7 Å². The SMILES string of the molecule is CCc1nnc(Cl)n1Cc1ccc(Br)o1. The van der Waals surface area contributed by atoms with E-state index in [4.69, 9.17) is 16.0 Å². The summed E-state index contributed by atoms with van der Waals surface area (Å²) in [6.45, 7) is 2.56. The van der Waals surface area contributed by atoms with Crippen molar-refractivity contribution in [2.24, 2.45) is 0 Å². The van der Waals surface area contributed by atoms with Crippen molar-refractivity contribution < 1.29 is 4.42 Å². The molecule has 0 saturated heterocycles. The van der Waals surface area contributed by atoms with Gasteiger partial charge in [0.25, 0.3) is 0 Å². The van der Waals surface area contributed by atoms with Crippen LogP contribution in [-0.2, 0) is 13.0 Å². The van der Waals surface area contributed by atoms with Crippen LogP contribution in [0.5, 0.6) is 0 Å². The molecule has 0 spiro atoms. The maximum Gasteiger partial charge on any atom is 0.225 e. The molecular formula is C9H9BrClN3O. The summed E-state index contributed by atoms with van der Waals surface area (Å²) in [5.74, 6) is 1.67. The molecule has 4 nitrogen and oxygen atoms in total. The summed E-state index contributed by atoms with van der Waals surface area (Å²) in [5, 5.41) is 8.17. The summed E-state index contributed by atoms with van der Waals surface area (Å²) < 4.78 is 7.93. The minimum atomic E-state index is 0.388. The molecule has 0 aliphatic carbocycles. The minimum absolute atomic E-state index is 0.388. The van der Waals surface area contributed by atoms with Crippen LogP contribution in [0, 0.1) is 0 Å². The summed E-state index contributed by atoms with van der Waals surface area (Å²) in [6, 6.07) is 3.74. The van der Waals surface area contributed by atoms with Gasteiger partial charge in [0.15, 0.2) is 4.67 Å². The van der Waals surface area contributed by atoms with Crippen LogP contribution < -0.4 is 0 Å². The molecular weight excluding hydrogens is 281 g/mol. The third kappa shape index (κ3) is 2.23. The first kappa shape index (κ1) is 10.7. The van der Waals surface area contributed by atoms with Gasteiger partial charge in [-0.25, -0.2) is 0 Å². The Labute approximate surface area is 100 Å². The Bertz CT molecular complexity index is 466. The molecule has 0 saturated carbocycles. The summed E-state index contributed by atoms with van der Waals surface area (Å²) in [6.07, 6.45) is 0.793. The molecule has 0 aromatic carbocycles. The van der Waals surface area contributed by atoms with E-state index >= 15 is 0 Å². The van der Waals surface area contributed by atoms with Crippen molar-refractivity contribution in [3.8, 4) is 0 Å². The molecule has 0 aliphatic rings. The highest BCUT2D eigenvalue weighted by atomic mass is 79.9. The van der Waals surface area contributed by atoms with Crippen molar-refractivity contribution in [1.82, 2.24) is 14.8 Å². The lowest BCUT2D eigenvalue weighted by Gasteiger charge is -2.03. The van der Waals surface area contributed by atoms with E-state index in [1.807, 2.05) is 23.6 Å². The smallest absolute Gasteiger partial charge is 0.225 e. The van der Waals surface area contributed by atoms with Gasteiger partial charge in [0.1, 0.15) is 11.6 Å². The monoisotopic (exact) mass is 289 g/mol. The first-order valence-electron chi connectivity index (χ1n) is 4.52. The van der Waals surface area contributed by atoms with Gasteiger partial charge >= 0.3 is 0 Å². The molecule has 0 radical (unpaired) electrons. The number of hydrogen-bond donors (Lipinski definition) is 0. The largest absolute Gasteiger partial charge is 0.452 e. The normalized spacial score (nSPS) is 10.9. The van der Waals surface area contributed by atoms with E-state index in [9.17, 15) is 0 Å². The van der Waals surface area contributed by atoms with Gasteiger partial charge in [0.2, 0.25) is 5.28 Å². The number of aromatic nitrogens is 3. The van der Waals surface area contributed by atoms with Gasteiger partial charge in [-0.3, -0.25) is 4.57 Å². The first-order chi connectivity index (χ1) is 7.20. The Morgan fingerprint density at radius 3 is 2.87 bits per heavy atom. The first-order valence-corrected chi connectivity index (χ1v) is 5.69. The molecule has 0 aliphatic heterocycles. The molecule has 0 N–H and O–H groups in total. The average molecular weight is 291 g/mol. The zero-order chi connectivity index (χ0) is 10.8. The number of aryl methyl sites for hydroxylation is 1. The van der Waals surface area contributed by atoms with E-state index in [-0.39, 0.29) is 0 Å². The highest BCUT2D eigenvalue weighted by molar-refractivity contribution is 9.10. The summed E-state index contributed by atoms with van der Waals surface area (Å²) in [5.41, 5.74) is 0. The molecule has 0 fully saturated rings. The number of rotatable bonds is 3. The Balaban J connectivity index is 2.26. The van der Waals surface area contributed by atoms with Gasteiger partial charge in [-0.15, -0.1) is 10.2 Å². The Kier molecular flexibility index (Phi) is 3.11. The molecule has 2 aromatic heterocycles. The number of hydrogen-bond acceptors (Lipinski definition) is 3. The summed E-state index contributed by atoms with van der Waals surface area (Å²) in [7, 11) is 0. The molecule has 2 rings (SSSR count). The van der Waals surface area contributed by atoms with Crippen LogP contribution in [0.2, 0.25) is 5.28 Å². The quantitative estimate of drug-likeness (QED) is 0.873. The second-order valence-corrected chi connectivity index (χ2v) is 4.15. The van der Waals surface area contributed by atoms with E-state index in [1.54, 1.807) is 0 Å². The lowest BCUT2D eigenvalue weighted by molar-refractivity contribution is 0.470. The Hall–Kier alpha value is -0.810. The third-order valence-electron chi connectivity index (χ3n) is 2.04. The Morgan fingerprint density at radius 2 is 2.27 bits per heavy atom. The molecule has 2 aromatic rings. The predicted molar refractivity (Wildman–Crippen MR) is 59.9 cm³/mol. The maximum atomic E-state index is 5.92. The van der Waals surface area contributed by atoms with Crippen LogP contribution in [0.4, 0.5) is 0 Å². The van der Waals surface area contributed by atoms with E-state index in [0.29, 0.717) is 16.5 Å². The number of nitrogens with zero attached hydrogens (tertiary/aromatic N) is 3. The zero-order valence-electron chi connectivity index (χ0n) is 8.07. The van der Waals surface area contributed by atoms with E-state index in [1.165, 1.54) is 0 Å². The van der Waals surface area contributed by atoms with Gasteiger partial charge in [-0.2, -0.15) is 0 Å². The molecule has 0 amide bonds. The topological polar surface area (TPSA) is 43.9 Å². The summed E-state index contributed by atoms with van der Waals surface area (Å²) >= 11 is 9.17. The molecule has 15 heavy (non-hydrogen) atoms.